The Morgan fingerprint density at radius 2 is 2.11 bits per heavy atom. The molecule has 0 spiro atoms. The zero-order valence-electron chi connectivity index (χ0n) is 11.2. The first-order valence-electron chi connectivity index (χ1n) is 6.75. The Hall–Kier alpha value is -0.770. The van der Waals surface area contributed by atoms with Gasteiger partial charge in [-0.3, -0.25) is 0 Å². The fourth-order valence-electron chi connectivity index (χ4n) is 2.52. The Morgan fingerprint density at radius 3 is 2.89 bits per heavy atom. The highest BCUT2D eigenvalue weighted by atomic mass is 79.9. The van der Waals surface area contributed by atoms with Gasteiger partial charge in [-0.25, -0.2) is 4.98 Å². The van der Waals surface area contributed by atoms with Gasteiger partial charge in [0, 0.05) is 6.04 Å². The lowest BCUT2D eigenvalue weighted by molar-refractivity contribution is 0.502. The van der Waals surface area contributed by atoms with Gasteiger partial charge in [-0.1, -0.05) is 19.8 Å². The van der Waals surface area contributed by atoms with Crippen LogP contribution in [0.3, 0.4) is 0 Å². The van der Waals surface area contributed by atoms with Gasteiger partial charge in [0.05, 0.1) is 16.4 Å². The van der Waals surface area contributed by atoms with Crippen LogP contribution in [0.4, 0.5) is 11.5 Å². The van der Waals surface area contributed by atoms with Gasteiger partial charge in [-0.05, 0) is 53.6 Å². The molecule has 0 radical (unpaired) electrons. The molecule has 3 nitrogen and oxygen atoms in total. The van der Waals surface area contributed by atoms with Crippen LogP contribution >= 0.6 is 15.9 Å². The van der Waals surface area contributed by atoms with Crippen LogP contribution in [0.15, 0.2) is 10.7 Å². The number of nitrogens with one attached hydrogen (secondary N) is 1. The van der Waals surface area contributed by atoms with Gasteiger partial charge in [0.2, 0.25) is 0 Å². The molecule has 1 aliphatic carbocycles. The minimum atomic E-state index is 0.543. The quantitative estimate of drug-likeness (QED) is 0.808. The monoisotopic (exact) mass is 311 g/mol. The van der Waals surface area contributed by atoms with E-state index in [-0.39, 0.29) is 0 Å². The summed E-state index contributed by atoms with van der Waals surface area (Å²) in [5.41, 5.74) is 7.65. The van der Waals surface area contributed by atoms with Crippen molar-refractivity contribution < 1.29 is 0 Å². The number of anilines is 2. The molecule has 1 heterocycles. The number of nitrogens with two attached hydrogens (primary N) is 1. The summed E-state index contributed by atoms with van der Waals surface area (Å²) in [6.45, 7) is 4.37. The maximum Gasteiger partial charge on any atom is 0.140 e. The molecule has 4 heteroatoms. The molecular formula is C14H22BrN3. The standard InChI is InChI=1S/C14H22BrN3/c1-9-4-3-5-11(7-6-9)18-14-13(15)10(2)12(16)8-17-14/h8-9,11H,3-7,16H2,1-2H3,(H,17,18). The van der Waals surface area contributed by atoms with E-state index in [0.717, 1.165) is 27.5 Å². The average molecular weight is 312 g/mol. The summed E-state index contributed by atoms with van der Waals surface area (Å²) < 4.78 is 1.000. The number of halogens is 1. The largest absolute Gasteiger partial charge is 0.397 e. The van der Waals surface area contributed by atoms with Crippen LogP contribution in [0.2, 0.25) is 0 Å². The molecule has 2 rings (SSSR count). The molecule has 0 saturated heterocycles. The zero-order chi connectivity index (χ0) is 13.1. The molecule has 100 valence electrons. The van der Waals surface area contributed by atoms with E-state index in [0.29, 0.717) is 6.04 Å². The lowest BCUT2D eigenvalue weighted by atomic mass is 10.0. The zero-order valence-corrected chi connectivity index (χ0v) is 12.8. The third-order valence-corrected chi connectivity index (χ3v) is 4.87. The third-order valence-electron chi connectivity index (χ3n) is 3.90. The molecule has 1 saturated carbocycles. The summed E-state index contributed by atoms with van der Waals surface area (Å²) in [7, 11) is 0. The minimum absolute atomic E-state index is 0.543. The van der Waals surface area contributed by atoms with Crippen molar-refractivity contribution in [1.82, 2.24) is 4.98 Å². The van der Waals surface area contributed by atoms with Gasteiger partial charge in [0.15, 0.2) is 0 Å². The Balaban J connectivity index is 2.07. The number of nitrogen functional groups attached to an aromatic ring is 1. The average Bonchev–Trinajstić information content (AvgIpc) is 2.55. The van der Waals surface area contributed by atoms with Crippen LogP contribution in [-0.2, 0) is 0 Å². The molecule has 2 atom stereocenters. The number of pyridine rings is 1. The van der Waals surface area contributed by atoms with Crippen molar-refractivity contribution in [1.29, 1.82) is 0 Å². The van der Waals surface area contributed by atoms with Gasteiger partial charge < -0.3 is 11.1 Å². The molecule has 18 heavy (non-hydrogen) atoms. The second-order valence-electron chi connectivity index (χ2n) is 5.46. The van der Waals surface area contributed by atoms with Crippen LogP contribution in [0.1, 0.15) is 44.6 Å². The fraction of sp³-hybridized carbons (Fsp3) is 0.643. The van der Waals surface area contributed by atoms with E-state index in [1.165, 1.54) is 32.1 Å². The van der Waals surface area contributed by atoms with E-state index < -0.39 is 0 Å². The van der Waals surface area contributed by atoms with Gasteiger partial charge in [0.1, 0.15) is 5.82 Å². The molecule has 1 aliphatic rings. The summed E-state index contributed by atoms with van der Waals surface area (Å²) in [6, 6.07) is 0.543. The molecule has 2 unspecified atom stereocenters. The highest BCUT2D eigenvalue weighted by molar-refractivity contribution is 9.10. The Kier molecular flexibility index (Phi) is 4.49. The topological polar surface area (TPSA) is 50.9 Å². The summed E-state index contributed by atoms with van der Waals surface area (Å²) in [6.07, 6.45) is 8.18. The van der Waals surface area contributed by atoms with E-state index in [2.05, 4.69) is 33.2 Å². The van der Waals surface area contributed by atoms with Gasteiger partial charge in [-0.2, -0.15) is 0 Å². The van der Waals surface area contributed by atoms with E-state index in [1.54, 1.807) is 6.20 Å². The second kappa shape index (κ2) is 5.91. The van der Waals surface area contributed by atoms with Gasteiger partial charge in [0.25, 0.3) is 0 Å². The van der Waals surface area contributed by atoms with Crippen molar-refractivity contribution in [3.8, 4) is 0 Å². The van der Waals surface area contributed by atoms with Crippen molar-refractivity contribution in [3.63, 3.8) is 0 Å². The predicted molar refractivity (Wildman–Crippen MR) is 80.7 cm³/mol. The molecular weight excluding hydrogens is 290 g/mol. The van der Waals surface area contributed by atoms with Crippen molar-refractivity contribution in [3.05, 3.63) is 16.2 Å². The van der Waals surface area contributed by atoms with E-state index >= 15 is 0 Å². The maximum atomic E-state index is 5.85. The van der Waals surface area contributed by atoms with Crippen molar-refractivity contribution in [2.45, 2.75) is 52.0 Å². The van der Waals surface area contributed by atoms with Crippen LogP contribution in [0, 0.1) is 12.8 Å². The number of hydrogen-bond acceptors (Lipinski definition) is 3. The SMILES string of the molecule is Cc1c(N)cnc(NC2CCCC(C)CC2)c1Br. The van der Waals surface area contributed by atoms with Gasteiger partial charge >= 0.3 is 0 Å². The summed E-state index contributed by atoms with van der Waals surface area (Å²) in [5, 5.41) is 3.56. The Morgan fingerprint density at radius 1 is 1.33 bits per heavy atom. The lowest BCUT2D eigenvalue weighted by Crippen LogP contribution is -2.19. The van der Waals surface area contributed by atoms with E-state index in [1.807, 2.05) is 6.92 Å². The first kappa shape index (κ1) is 13.7. The number of nitrogens with zero attached hydrogens (tertiary/aromatic N) is 1. The van der Waals surface area contributed by atoms with E-state index in [4.69, 9.17) is 5.73 Å². The second-order valence-corrected chi connectivity index (χ2v) is 6.25. The number of hydrogen-bond donors (Lipinski definition) is 2. The normalized spacial score (nSPS) is 24.6. The third kappa shape index (κ3) is 3.16. The predicted octanol–water partition coefficient (Wildman–Crippen LogP) is 4.12. The van der Waals surface area contributed by atoms with Crippen molar-refractivity contribution in [2.24, 2.45) is 5.92 Å². The number of rotatable bonds is 2. The maximum absolute atomic E-state index is 5.85. The molecule has 0 bridgehead atoms. The highest BCUT2D eigenvalue weighted by Crippen LogP contribution is 2.30. The van der Waals surface area contributed by atoms with Crippen LogP contribution in [0.25, 0.3) is 0 Å². The highest BCUT2D eigenvalue weighted by Gasteiger charge is 2.17. The molecule has 0 aromatic carbocycles. The smallest absolute Gasteiger partial charge is 0.140 e. The molecule has 0 aliphatic heterocycles. The minimum Gasteiger partial charge on any atom is -0.397 e. The van der Waals surface area contributed by atoms with Crippen molar-refractivity contribution >= 4 is 27.4 Å². The number of aromatic nitrogens is 1. The summed E-state index contributed by atoms with van der Waals surface area (Å²) in [5.74, 6) is 1.79. The molecule has 1 fully saturated rings. The van der Waals surface area contributed by atoms with Gasteiger partial charge in [-0.15, -0.1) is 0 Å². The van der Waals surface area contributed by atoms with Crippen LogP contribution < -0.4 is 11.1 Å². The Bertz CT molecular complexity index is 420. The summed E-state index contributed by atoms with van der Waals surface area (Å²) >= 11 is 3.58. The first-order chi connectivity index (χ1) is 8.58. The lowest BCUT2D eigenvalue weighted by Gasteiger charge is -2.19. The fourth-order valence-corrected chi connectivity index (χ4v) is 2.96. The van der Waals surface area contributed by atoms with Crippen LogP contribution in [-0.4, -0.2) is 11.0 Å². The molecule has 1 aromatic rings. The molecule has 3 N–H and O–H groups in total. The first-order valence-corrected chi connectivity index (χ1v) is 7.54. The Labute approximate surface area is 118 Å². The van der Waals surface area contributed by atoms with Crippen molar-refractivity contribution in [2.75, 3.05) is 11.1 Å². The molecule has 1 aromatic heterocycles. The molecule has 0 amide bonds. The van der Waals surface area contributed by atoms with Crippen LogP contribution in [0.5, 0.6) is 0 Å². The van der Waals surface area contributed by atoms with E-state index in [9.17, 15) is 0 Å². The summed E-state index contributed by atoms with van der Waals surface area (Å²) in [4.78, 5) is 4.40.